The van der Waals surface area contributed by atoms with Gasteiger partial charge in [-0.1, -0.05) is 0 Å². The number of fused-ring (bicyclic) bond motifs is 1. The molecule has 0 aliphatic heterocycles. The van der Waals surface area contributed by atoms with E-state index in [0.29, 0.717) is 6.54 Å². The Balaban J connectivity index is 1.99. The first kappa shape index (κ1) is 10.5. The molecule has 2 aromatic heterocycles. The van der Waals surface area contributed by atoms with Gasteiger partial charge in [-0.15, -0.1) is 0 Å². The van der Waals surface area contributed by atoms with Gasteiger partial charge in [0.1, 0.15) is 5.52 Å². The molecule has 2 heterocycles. The van der Waals surface area contributed by atoms with Crippen LogP contribution < -0.4 is 11.1 Å². The van der Waals surface area contributed by atoms with Gasteiger partial charge in [-0.2, -0.15) is 5.10 Å². The lowest BCUT2D eigenvalue weighted by atomic mass is 9.77. The van der Waals surface area contributed by atoms with Crippen LogP contribution in [0.3, 0.4) is 0 Å². The number of hydrogen-bond donors (Lipinski definition) is 2. The topological polar surface area (TPSA) is 68.2 Å². The van der Waals surface area contributed by atoms with E-state index < -0.39 is 0 Å². The smallest absolute Gasteiger partial charge is 0.152 e. The third-order valence-corrected chi connectivity index (χ3v) is 3.60. The quantitative estimate of drug-likeness (QED) is 0.836. The van der Waals surface area contributed by atoms with Crippen molar-refractivity contribution in [1.29, 1.82) is 0 Å². The monoisotopic (exact) mass is 231 g/mol. The molecule has 3 rings (SSSR count). The van der Waals surface area contributed by atoms with Crippen molar-refractivity contribution >= 4 is 11.3 Å². The molecule has 0 spiro atoms. The first-order valence-electron chi connectivity index (χ1n) is 6.02. The molecule has 1 saturated carbocycles. The third kappa shape index (κ3) is 1.67. The molecule has 0 amide bonds. The van der Waals surface area contributed by atoms with E-state index in [1.807, 2.05) is 23.7 Å². The van der Waals surface area contributed by atoms with Crippen molar-refractivity contribution in [3.05, 3.63) is 24.2 Å². The number of rotatable bonds is 3. The number of anilines is 1. The summed E-state index contributed by atoms with van der Waals surface area (Å²) in [5, 5.41) is 7.88. The van der Waals surface area contributed by atoms with Crippen molar-refractivity contribution < 1.29 is 0 Å². The lowest BCUT2D eigenvalue weighted by Crippen LogP contribution is -2.51. The number of aromatic nitrogens is 3. The predicted molar refractivity (Wildman–Crippen MR) is 67.0 cm³/mol. The molecule has 1 aliphatic carbocycles. The van der Waals surface area contributed by atoms with Gasteiger partial charge in [0.05, 0.1) is 11.2 Å². The molecule has 0 atom stereocenters. The van der Waals surface area contributed by atoms with Crippen molar-refractivity contribution in [1.82, 2.24) is 14.6 Å². The number of nitrogens with two attached hydrogens (primary N) is 1. The standard InChI is InChI=1S/C12H17N5/c1-9-7-10-11(14-5-6-17(10)16-9)15-12(8-13)3-2-4-12/h5-7H,2-4,8,13H2,1H3,(H,14,15). The second-order valence-electron chi connectivity index (χ2n) is 4.85. The molecular formula is C12H17N5. The van der Waals surface area contributed by atoms with Gasteiger partial charge in [-0.05, 0) is 32.3 Å². The molecule has 90 valence electrons. The molecule has 0 radical (unpaired) electrons. The normalized spacial score (nSPS) is 18.0. The van der Waals surface area contributed by atoms with E-state index in [0.717, 1.165) is 29.9 Å². The van der Waals surface area contributed by atoms with Gasteiger partial charge in [0.2, 0.25) is 0 Å². The van der Waals surface area contributed by atoms with Gasteiger partial charge >= 0.3 is 0 Å². The maximum atomic E-state index is 5.85. The van der Waals surface area contributed by atoms with E-state index in [4.69, 9.17) is 5.73 Å². The van der Waals surface area contributed by atoms with Crippen LogP contribution in [0.5, 0.6) is 0 Å². The Kier molecular flexibility index (Phi) is 2.29. The molecule has 3 N–H and O–H groups in total. The summed E-state index contributed by atoms with van der Waals surface area (Å²) in [4.78, 5) is 4.41. The molecule has 1 fully saturated rings. The summed E-state index contributed by atoms with van der Waals surface area (Å²) in [6, 6.07) is 2.04. The highest BCUT2D eigenvalue weighted by atomic mass is 15.2. The second-order valence-corrected chi connectivity index (χ2v) is 4.85. The minimum atomic E-state index is 0.0486. The lowest BCUT2D eigenvalue weighted by Gasteiger charge is -2.42. The van der Waals surface area contributed by atoms with Gasteiger partial charge in [0, 0.05) is 18.9 Å². The van der Waals surface area contributed by atoms with Crippen molar-refractivity contribution in [3.8, 4) is 0 Å². The van der Waals surface area contributed by atoms with E-state index in [9.17, 15) is 0 Å². The highest BCUT2D eigenvalue weighted by Gasteiger charge is 2.36. The van der Waals surface area contributed by atoms with Gasteiger partial charge < -0.3 is 11.1 Å². The number of hydrogen-bond acceptors (Lipinski definition) is 4. The third-order valence-electron chi connectivity index (χ3n) is 3.60. The molecular weight excluding hydrogens is 214 g/mol. The Hall–Kier alpha value is -1.62. The maximum Gasteiger partial charge on any atom is 0.152 e. The average Bonchev–Trinajstić information content (AvgIpc) is 2.64. The van der Waals surface area contributed by atoms with Gasteiger partial charge in [-0.3, -0.25) is 0 Å². The highest BCUT2D eigenvalue weighted by Crippen LogP contribution is 2.34. The maximum absolute atomic E-state index is 5.85. The summed E-state index contributed by atoms with van der Waals surface area (Å²) in [7, 11) is 0. The van der Waals surface area contributed by atoms with Crippen LogP contribution in [0.2, 0.25) is 0 Å². The van der Waals surface area contributed by atoms with Crippen molar-refractivity contribution in [2.75, 3.05) is 11.9 Å². The van der Waals surface area contributed by atoms with E-state index >= 15 is 0 Å². The molecule has 5 nitrogen and oxygen atoms in total. The molecule has 0 aromatic carbocycles. The number of aryl methyl sites for hydroxylation is 1. The fourth-order valence-corrected chi connectivity index (χ4v) is 2.38. The number of nitrogens with zero attached hydrogens (tertiary/aromatic N) is 3. The van der Waals surface area contributed by atoms with Gasteiger partial charge in [0.25, 0.3) is 0 Å². The summed E-state index contributed by atoms with van der Waals surface area (Å²) < 4.78 is 1.85. The Morgan fingerprint density at radius 3 is 3.00 bits per heavy atom. The van der Waals surface area contributed by atoms with E-state index in [1.54, 1.807) is 6.20 Å². The Labute approximate surface area is 100 Å². The minimum Gasteiger partial charge on any atom is -0.362 e. The summed E-state index contributed by atoms with van der Waals surface area (Å²) in [5.41, 5.74) is 7.92. The van der Waals surface area contributed by atoms with Crippen molar-refractivity contribution in [2.24, 2.45) is 5.73 Å². The largest absolute Gasteiger partial charge is 0.362 e. The summed E-state index contributed by atoms with van der Waals surface area (Å²) in [5.74, 6) is 0.887. The SMILES string of the molecule is Cc1cc2c(NC3(CN)CCC3)nccn2n1. The predicted octanol–water partition coefficient (Wildman–Crippen LogP) is 1.33. The van der Waals surface area contributed by atoms with Crippen LogP contribution in [0.25, 0.3) is 5.52 Å². The van der Waals surface area contributed by atoms with Crippen LogP contribution in [0.4, 0.5) is 5.82 Å². The van der Waals surface area contributed by atoms with Crippen LogP contribution >= 0.6 is 0 Å². The van der Waals surface area contributed by atoms with Crippen LogP contribution in [-0.4, -0.2) is 26.7 Å². The minimum absolute atomic E-state index is 0.0486. The van der Waals surface area contributed by atoms with E-state index in [2.05, 4.69) is 15.4 Å². The Bertz CT molecular complexity index is 535. The number of nitrogens with one attached hydrogen (secondary N) is 1. The summed E-state index contributed by atoms with van der Waals surface area (Å²) in [6.45, 7) is 2.64. The fraction of sp³-hybridized carbons (Fsp3) is 0.500. The first-order chi connectivity index (χ1) is 8.22. The van der Waals surface area contributed by atoms with E-state index in [1.165, 1.54) is 6.42 Å². The zero-order chi connectivity index (χ0) is 11.9. The summed E-state index contributed by atoms with van der Waals surface area (Å²) >= 11 is 0. The molecule has 0 saturated heterocycles. The van der Waals surface area contributed by atoms with Crippen LogP contribution in [0.1, 0.15) is 25.0 Å². The molecule has 0 bridgehead atoms. The van der Waals surface area contributed by atoms with Crippen molar-refractivity contribution in [2.45, 2.75) is 31.7 Å². The molecule has 17 heavy (non-hydrogen) atoms. The highest BCUT2D eigenvalue weighted by molar-refractivity contribution is 5.68. The van der Waals surface area contributed by atoms with E-state index in [-0.39, 0.29) is 5.54 Å². The summed E-state index contributed by atoms with van der Waals surface area (Å²) in [6.07, 6.45) is 7.12. The van der Waals surface area contributed by atoms with Gasteiger partial charge in [0.15, 0.2) is 5.82 Å². The zero-order valence-corrected chi connectivity index (χ0v) is 9.98. The van der Waals surface area contributed by atoms with Crippen molar-refractivity contribution in [3.63, 3.8) is 0 Å². The Morgan fingerprint density at radius 1 is 1.53 bits per heavy atom. The van der Waals surface area contributed by atoms with Crippen LogP contribution in [0.15, 0.2) is 18.5 Å². The molecule has 1 aliphatic rings. The van der Waals surface area contributed by atoms with Gasteiger partial charge in [-0.25, -0.2) is 9.50 Å². The van der Waals surface area contributed by atoms with Crippen LogP contribution in [0, 0.1) is 6.92 Å². The first-order valence-corrected chi connectivity index (χ1v) is 6.02. The molecule has 0 unspecified atom stereocenters. The zero-order valence-electron chi connectivity index (χ0n) is 9.98. The lowest BCUT2D eigenvalue weighted by molar-refractivity contribution is 0.287. The molecule has 2 aromatic rings. The Morgan fingerprint density at radius 2 is 2.35 bits per heavy atom. The second kappa shape index (κ2) is 3.70. The molecule has 5 heteroatoms. The van der Waals surface area contributed by atoms with Crippen LogP contribution in [-0.2, 0) is 0 Å². The average molecular weight is 231 g/mol. The fourth-order valence-electron chi connectivity index (χ4n) is 2.38.